The van der Waals surface area contributed by atoms with Gasteiger partial charge in [0.15, 0.2) is 0 Å². The average molecular weight is 162 g/mol. The fourth-order valence-electron chi connectivity index (χ4n) is 1.16. The maximum atomic E-state index is 12.8. The van der Waals surface area contributed by atoms with Crippen molar-refractivity contribution in [3.05, 3.63) is 36.3 Å². The van der Waals surface area contributed by atoms with E-state index < -0.39 is 0 Å². The molecule has 0 amide bonds. The Balaban J connectivity index is 2.83. The van der Waals surface area contributed by atoms with E-state index in [0.29, 0.717) is 5.69 Å². The highest BCUT2D eigenvalue weighted by atomic mass is 19.1. The summed E-state index contributed by atoms with van der Waals surface area (Å²) in [6, 6.07) is 4.49. The molecule has 0 atom stereocenters. The van der Waals surface area contributed by atoms with Crippen molar-refractivity contribution in [1.82, 2.24) is 10.2 Å². The molecule has 60 valence electrons. The number of benzene rings is 1. The zero-order chi connectivity index (χ0) is 8.55. The SMILES string of the molecule is C=Cc1n[nH]c2ccc(F)cc12. The van der Waals surface area contributed by atoms with Gasteiger partial charge in [0.05, 0.1) is 11.2 Å². The summed E-state index contributed by atoms with van der Waals surface area (Å²) < 4.78 is 12.8. The van der Waals surface area contributed by atoms with Gasteiger partial charge in [-0.3, -0.25) is 5.10 Å². The minimum absolute atomic E-state index is 0.257. The van der Waals surface area contributed by atoms with Crippen molar-refractivity contribution in [2.75, 3.05) is 0 Å². The lowest BCUT2D eigenvalue weighted by Crippen LogP contribution is -1.73. The fraction of sp³-hybridized carbons (Fsp3) is 0. The second-order valence-electron chi connectivity index (χ2n) is 2.50. The Bertz CT molecular complexity index is 431. The summed E-state index contributed by atoms with van der Waals surface area (Å²) in [7, 11) is 0. The Morgan fingerprint density at radius 3 is 3.08 bits per heavy atom. The zero-order valence-corrected chi connectivity index (χ0v) is 6.34. The van der Waals surface area contributed by atoms with E-state index in [4.69, 9.17) is 0 Å². The van der Waals surface area contributed by atoms with E-state index in [1.165, 1.54) is 12.1 Å². The van der Waals surface area contributed by atoms with E-state index >= 15 is 0 Å². The van der Waals surface area contributed by atoms with Gasteiger partial charge in [-0.2, -0.15) is 5.10 Å². The molecule has 2 aromatic rings. The van der Waals surface area contributed by atoms with E-state index in [1.807, 2.05) is 0 Å². The van der Waals surface area contributed by atoms with Gasteiger partial charge in [-0.15, -0.1) is 0 Å². The van der Waals surface area contributed by atoms with Crippen molar-refractivity contribution < 1.29 is 4.39 Å². The first-order valence-electron chi connectivity index (χ1n) is 3.57. The lowest BCUT2D eigenvalue weighted by Gasteiger charge is -1.89. The van der Waals surface area contributed by atoms with Crippen LogP contribution in [0, 0.1) is 5.82 Å². The number of halogens is 1. The van der Waals surface area contributed by atoms with Gasteiger partial charge in [0.2, 0.25) is 0 Å². The van der Waals surface area contributed by atoms with E-state index in [2.05, 4.69) is 16.8 Å². The number of aromatic amines is 1. The molecule has 1 aromatic carbocycles. The summed E-state index contributed by atoms with van der Waals surface area (Å²) in [5, 5.41) is 7.49. The monoisotopic (exact) mass is 162 g/mol. The zero-order valence-electron chi connectivity index (χ0n) is 6.34. The van der Waals surface area contributed by atoms with E-state index in [1.54, 1.807) is 12.1 Å². The Morgan fingerprint density at radius 2 is 2.33 bits per heavy atom. The van der Waals surface area contributed by atoms with Gasteiger partial charge in [0, 0.05) is 5.39 Å². The molecular weight excluding hydrogens is 155 g/mol. The van der Waals surface area contributed by atoms with E-state index in [9.17, 15) is 4.39 Å². The Labute approximate surface area is 68.7 Å². The van der Waals surface area contributed by atoms with Crippen LogP contribution in [0.3, 0.4) is 0 Å². The molecule has 0 aliphatic rings. The van der Waals surface area contributed by atoms with Gasteiger partial charge in [-0.05, 0) is 24.3 Å². The molecule has 0 saturated carbocycles. The number of hydrogen-bond donors (Lipinski definition) is 1. The minimum Gasteiger partial charge on any atom is -0.277 e. The van der Waals surface area contributed by atoms with Gasteiger partial charge in [0.25, 0.3) is 0 Å². The lowest BCUT2D eigenvalue weighted by atomic mass is 10.2. The van der Waals surface area contributed by atoms with Crippen LogP contribution in [0.5, 0.6) is 0 Å². The van der Waals surface area contributed by atoms with Gasteiger partial charge in [-0.25, -0.2) is 4.39 Å². The van der Waals surface area contributed by atoms with Gasteiger partial charge < -0.3 is 0 Å². The van der Waals surface area contributed by atoms with Crippen molar-refractivity contribution in [1.29, 1.82) is 0 Å². The third-order valence-electron chi connectivity index (χ3n) is 1.75. The van der Waals surface area contributed by atoms with Gasteiger partial charge in [0.1, 0.15) is 5.82 Å². The van der Waals surface area contributed by atoms with Crippen LogP contribution in [0.25, 0.3) is 17.0 Å². The molecule has 0 saturated heterocycles. The highest BCUT2D eigenvalue weighted by Crippen LogP contribution is 2.17. The molecule has 1 heterocycles. The van der Waals surface area contributed by atoms with Crippen LogP contribution in [0.2, 0.25) is 0 Å². The number of aromatic nitrogens is 2. The van der Waals surface area contributed by atoms with Crippen LogP contribution >= 0.6 is 0 Å². The summed E-state index contributed by atoms with van der Waals surface area (Å²) in [6.45, 7) is 3.58. The maximum Gasteiger partial charge on any atom is 0.124 e. The first-order chi connectivity index (χ1) is 5.81. The van der Waals surface area contributed by atoms with Gasteiger partial charge in [-0.1, -0.05) is 6.58 Å². The second-order valence-corrected chi connectivity index (χ2v) is 2.50. The molecule has 0 fully saturated rings. The largest absolute Gasteiger partial charge is 0.277 e. The number of nitrogens with zero attached hydrogens (tertiary/aromatic N) is 1. The van der Waals surface area contributed by atoms with Crippen LogP contribution in [0.4, 0.5) is 4.39 Å². The predicted octanol–water partition coefficient (Wildman–Crippen LogP) is 2.34. The fourth-order valence-corrected chi connectivity index (χ4v) is 1.16. The molecule has 0 bridgehead atoms. The van der Waals surface area contributed by atoms with Crippen LogP contribution < -0.4 is 0 Å². The Morgan fingerprint density at radius 1 is 1.50 bits per heavy atom. The van der Waals surface area contributed by atoms with Gasteiger partial charge >= 0.3 is 0 Å². The first-order valence-corrected chi connectivity index (χ1v) is 3.57. The molecule has 2 rings (SSSR count). The molecule has 12 heavy (non-hydrogen) atoms. The molecule has 0 radical (unpaired) electrons. The van der Waals surface area contributed by atoms with Crippen molar-refractivity contribution in [3.8, 4) is 0 Å². The molecule has 0 spiro atoms. The number of fused-ring (bicyclic) bond motifs is 1. The predicted molar refractivity (Wildman–Crippen MR) is 46.1 cm³/mol. The summed E-state index contributed by atoms with van der Waals surface area (Å²) in [5.74, 6) is -0.257. The normalized spacial score (nSPS) is 10.4. The van der Waals surface area contributed by atoms with E-state index in [0.717, 1.165) is 10.9 Å². The first kappa shape index (κ1) is 7.03. The third-order valence-corrected chi connectivity index (χ3v) is 1.75. The van der Waals surface area contributed by atoms with Crippen molar-refractivity contribution in [2.45, 2.75) is 0 Å². The molecular formula is C9H7FN2. The standard InChI is InChI=1S/C9H7FN2/c1-2-8-7-5-6(10)3-4-9(7)12-11-8/h2-5H,1H2,(H,11,12). The third kappa shape index (κ3) is 0.906. The van der Waals surface area contributed by atoms with Crippen LogP contribution in [-0.2, 0) is 0 Å². The highest BCUT2D eigenvalue weighted by molar-refractivity contribution is 5.86. The van der Waals surface area contributed by atoms with Crippen molar-refractivity contribution in [2.24, 2.45) is 0 Å². The number of rotatable bonds is 1. The molecule has 1 N–H and O–H groups in total. The topological polar surface area (TPSA) is 28.7 Å². The molecule has 2 nitrogen and oxygen atoms in total. The van der Waals surface area contributed by atoms with Crippen LogP contribution in [-0.4, -0.2) is 10.2 Å². The molecule has 0 aliphatic heterocycles. The Kier molecular flexibility index (Phi) is 1.43. The Hall–Kier alpha value is -1.64. The molecule has 0 unspecified atom stereocenters. The maximum absolute atomic E-state index is 12.8. The van der Waals surface area contributed by atoms with Crippen LogP contribution in [0.15, 0.2) is 24.8 Å². The quantitative estimate of drug-likeness (QED) is 0.685. The molecule has 3 heteroatoms. The smallest absolute Gasteiger partial charge is 0.124 e. The van der Waals surface area contributed by atoms with E-state index in [-0.39, 0.29) is 5.82 Å². The average Bonchev–Trinajstić information content (AvgIpc) is 2.46. The second kappa shape index (κ2) is 2.44. The van der Waals surface area contributed by atoms with Crippen molar-refractivity contribution >= 4 is 17.0 Å². The van der Waals surface area contributed by atoms with Crippen LogP contribution in [0.1, 0.15) is 5.69 Å². The van der Waals surface area contributed by atoms with Crippen molar-refractivity contribution in [3.63, 3.8) is 0 Å². The minimum atomic E-state index is -0.257. The molecule has 1 aromatic heterocycles. The summed E-state index contributed by atoms with van der Waals surface area (Å²) >= 11 is 0. The number of nitrogens with one attached hydrogen (secondary N) is 1. The highest BCUT2D eigenvalue weighted by Gasteiger charge is 2.02. The number of H-pyrrole nitrogens is 1. The summed E-state index contributed by atoms with van der Waals surface area (Å²) in [5.41, 5.74) is 1.51. The lowest BCUT2D eigenvalue weighted by molar-refractivity contribution is 0.629. The number of hydrogen-bond acceptors (Lipinski definition) is 1. The summed E-state index contributed by atoms with van der Waals surface area (Å²) in [6.07, 6.45) is 1.60. The molecule has 0 aliphatic carbocycles. The summed E-state index contributed by atoms with van der Waals surface area (Å²) in [4.78, 5) is 0.